The van der Waals surface area contributed by atoms with E-state index >= 15 is 0 Å². The van der Waals surface area contributed by atoms with Crippen LogP contribution in [0.4, 0.5) is 0 Å². The molecule has 0 aromatic rings. The van der Waals surface area contributed by atoms with Crippen molar-refractivity contribution in [3.05, 3.63) is 11.6 Å². The van der Waals surface area contributed by atoms with E-state index in [2.05, 4.69) is 33.8 Å². The van der Waals surface area contributed by atoms with E-state index in [0.717, 1.165) is 38.5 Å². The van der Waals surface area contributed by atoms with Gasteiger partial charge in [-0.2, -0.15) is 0 Å². The predicted molar refractivity (Wildman–Crippen MR) is 248 cm³/mol. The summed E-state index contributed by atoms with van der Waals surface area (Å²) in [6, 6.07) is 0. The Morgan fingerprint density at radius 3 is 2.07 bits per heavy atom. The molecule has 11 N–H and O–H groups in total. The van der Waals surface area contributed by atoms with Crippen molar-refractivity contribution in [2.24, 2.45) is 46.3 Å². The summed E-state index contributed by atoms with van der Waals surface area (Å²) < 4.78 is 61.3. The fourth-order valence-corrected chi connectivity index (χ4v) is 15.0. The van der Waals surface area contributed by atoms with Gasteiger partial charge in [-0.15, -0.1) is 0 Å². The van der Waals surface area contributed by atoms with E-state index in [-0.39, 0.29) is 35.4 Å². The Morgan fingerprint density at radius 2 is 1.42 bits per heavy atom. The summed E-state index contributed by atoms with van der Waals surface area (Å²) in [4.78, 5) is 0. The number of aliphatic hydroxyl groups is 11. The van der Waals surface area contributed by atoms with Crippen LogP contribution in [0.1, 0.15) is 99.3 Å². The van der Waals surface area contributed by atoms with Gasteiger partial charge in [-0.25, -0.2) is 0 Å². The maximum atomic E-state index is 12.0. The molecule has 5 heterocycles. The van der Waals surface area contributed by atoms with E-state index in [0.29, 0.717) is 42.9 Å². The van der Waals surface area contributed by atoms with Gasteiger partial charge in [0.05, 0.1) is 50.8 Å². The third-order valence-electron chi connectivity index (χ3n) is 19.5. The maximum Gasteiger partial charge on any atom is 0.187 e. The smallest absolute Gasteiger partial charge is 0.187 e. The lowest BCUT2D eigenvalue weighted by Crippen LogP contribution is -2.65. The Bertz CT molecular complexity index is 1880. The van der Waals surface area contributed by atoms with E-state index < -0.39 is 142 Å². The molecule has 4 aliphatic carbocycles. The monoisotopic (exact) mass is 1030 g/mol. The van der Waals surface area contributed by atoms with Crippen molar-refractivity contribution in [3.63, 3.8) is 0 Å². The van der Waals surface area contributed by atoms with Gasteiger partial charge in [-0.1, -0.05) is 39.3 Å². The van der Waals surface area contributed by atoms with Crippen LogP contribution in [0.2, 0.25) is 0 Å². The molecule has 0 aromatic carbocycles. The Kier molecular flexibility index (Phi) is 16.4. The molecule has 5 saturated heterocycles. The van der Waals surface area contributed by atoms with E-state index in [4.69, 9.17) is 47.4 Å². The number of aliphatic hydroxyl groups excluding tert-OH is 10. The molecule has 0 spiro atoms. The Hall–Kier alpha value is -1.10. The van der Waals surface area contributed by atoms with Gasteiger partial charge >= 0.3 is 0 Å². The van der Waals surface area contributed by atoms with E-state index in [1.807, 2.05) is 0 Å². The standard InChI is InChI=1S/C51H84O21/c1-22(19-64-44-38(58)36(56)34(54)24(3)66-44)10-15-51(63-7)23(2)33-31(72-51)17-30-28-9-8-26-16-27(11-13-48(26,5)29(28)12-14-49(30,33)6)68-46-42(71-47-43(61)50(62,20-53)21-65-47)40(60)41(32(18-52)69-46)70-45-39(59)37(57)35(55)25(4)67-45/h8,22-25,27-47,52-62H,9-21H2,1-7H3/t22-,23?,24-,25+,27+,28?,29?,30?,31?,32-,33?,34-,35+,36+,37-,38-,39-,40+,41-,42-,43+,44-,45+,46-,47+,48+,49+,50-,51-/m1/s1. The molecular weight excluding hydrogens is 949 g/mol. The van der Waals surface area contributed by atoms with Crippen LogP contribution in [-0.4, -0.2) is 218 Å². The SMILES string of the molecule is CO[C@]1(CC[C@@H](C)CO[C@@H]2O[C@H](C)[C@@H](O)[C@H](O)[C@H]2O)OC2CC3C4CC=C5C[C@@H](O[C@@H]6O[C@H](CO)[C@@H](O[C@@H]7O[C@@H](C)[C@H](O)[C@@H](O)[C@H]7O)[C@H](O)[C@H]6O[C@@H]6OC[C@](O)(CO)[C@H]6O)CC[C@]5(C)C4CC[C@]3(C)C2C1C. The minimum Gasteiger partial charge on any atom is -0.394 e. The van der Waals surface area contributed by atoms with Gasteiger partial charge in [0.15, 0.2) is 30.9 Å². The number of fused-ring (bicyclic) bond motifs is 7. The molecule has 0 radical (unpaired) electrons. The Labute approximate surface area is 421 Å². The molecule has 21 nitrogen and oxygen atoms in total. The lowest BCUT2D eigenvalue weighted by molar-refractivity contribution is -0.375. The van der Waals surface area contributed by atoms with Gasteiger partial charge in [0.1, 0.15) is 72.7 Å². The summed E-state index contributed by atoms with van der Waals surface area (Å²) in [5, 5.41) is 116. The second kappa shape index (κ2) is 21.3. The lowest BCUT2D eigenvalue weighted by atomic mass is 9.47. The first-order valence-electron chi connectivity index (χ1n) is 26.5. The topological polar surface area (TPSA) is 315 Å². The Morgan fingerprint density at radius 1 is 0.750 bits per heavy atom. The van der Waals surface area contributed by atoms with Crippen LogP contribution in [-0.2, 0) is 47.4 Å². The molecule has 29 atom stereocenters. The van der Waals surface area contributed by atoms with Crippen LogP contribution in [0, 0.1) is 46.3 Å². The summed E-state index contributed by atoms with van der Waals surface area (Å²) in [6.45, 7) is 10.6. The molecular formula is C51H84O21. The average molecular weight is 1030 g/mol. The van der Waals surface area contributed by atoms with Crippen LogP contribution in [0.3, 0.4) is 0 Å². The molecule has 0 aromatic heterocycles. The van der Waals surface area contributed by atoms with Gasteiger partial charge in [0.2, 0.25) is 0 Å². The zero-order valence-electron chi connectivity index (χ0n) is 42.7. The van der Waals surface area contributed by atoms with Crippen LogP contribution in [0.5, 0.6) is 0 Å². The highest BCUT2D eigenvalue weighted by Gasteiger charge is 2.68. The number of ether oxygens (including phenoxy) is 10. The number of allylic oxidation sites excluding steroid dienone is 1. The molecule has 3 saturated carbocycles. The Balaban J connectivity index is 0.852. The first-order valence-corrected chi connectivity index (χ1v) is 26.5. The molecule has 8 fully saturated rings. The van der Waals surface area contributed by atoms with Crippen LogP contribution < -0.4 is 0 Å². The highest BCUT2D eigenvalue weighted by Crippen LogP contribution is 2.70. The third-order valence-corrected chi connectivity index (χ3v) is 19.5. The second-order valence-electron chi connectivity index (χ2n) is 23.7. The normalized spacial score (nSPS) is 54.9. The van der Waals surface area contributed by atoms with Crippen molar-refractivity contribution in [3.8, 4) is 0 Å². The summed E-state index contributed by atoms with van der Waals surface area (Å²) in [5.41, 5.74) is -0.801. The van der Waals surface area contributed by atoms with Gasteiger partial charge in [0, 0.05) is 19.4 Å². The molecule has 0 bridgehead atoms. The minimum absolute atomic E-state index is 0.0434. The molecule has 21 heteroatoms. The molecule has 5 aliphatic heterocycles. The van der Waals surface area contributed by atoms with E-state index in [1.165, 1.54) is 12.5 Å². The molecule has 414 valence electrons. The van der Waals surface area contributed by atoms with E-state index in [1.54, 1.807) is 14.0 Å². The number of rotatable bonds is 15. The minimum atomic E-state index is -2.04. The molecule has 9 rings (SSSR count). The molecule has 9 aliphatic rings. The van der Waals surface area contributed by atoms with Crippen molar-refractivity contribution >= 4 is 0 Å². The van der Waals surface area contributed by atoms with E-state index in [9.17, 15) is 56.2 Å². The third kappa shape index (κ3) is 9.60. The number of hydrogen-bond acceptors (Lipinski definition) is 21. The number of hydrogen-bond donors (Lipinski definition) is 11. The largest absolute Gasteiger partial charge is 0.394 e. The summed E-state index contributed by atoms with van der Waals surface area (Å²) in [6.07, 6.45) is -13.9. The molecule has 0 amide bonds. The average Bonchev–Trinajstić information content (AvgIpc) is 3.94. The fraction of sp³-hybridized carbons (Fsp3) is 0.961. The molecule has 6 unspecified atom stereocenters. The van der Waals surface area contributed by atoms with Gasteiger partial charge < -0.3 is 104 Å². The quantitative estimate of drug-likeness (QED) is 0.0905. The van der Waals surface area contributed by atoms with Gasteiger partial charge in [0.25, 0.3) is 0 Å². The lowest BCUT2D eigenvalue weighted by Gasteiger charge is -2.58. The summed E-state index contributed by atoms with van der Waals surface area (Å²) in [5.74, 6) is 1.09. The van der Waals surface area contributed by atoms with Crippen LogP contribution in [0.15, 0.2) is 11.6 Å². The van der Waals surface area contributed by atoms with Gasteiger partial charge in [-0.05, 0) is 106 Å². The summed E-state index contributed by atoms with van der Waals surface area (Å²) >= 11 is 0. The summed E-state index contributed by atoms with van der Waals surface area (Å²) in [7, 11) is 1.74. The predicted octanol–water partition coefficient (Wildman–Crippen LogP) is -0.685. The van der Waals surface area contributed by atoms with Crippen molar-refractivity contribution in [2.45, 2.75) is 227 Å². The van der Waals surface area contributed by atoms with Crippen molar-refractivity contribution in [2.75, 3.05) is 33.5 Å². The van der Waals surface area contributed by atoms with Crippen LogP contribution >= 0.6 is 0 Å². The first-order chi connectivity index (χ1) is 34.0. The van der Waals surface area contributed by atoms with Crippen LogP contribution in [0.25, 0.3) is 0 Å². The van der Waals surface area contributed by atoms with Crippen molar-refractivity contribution in [1.29, 1.82) is 0 Å². The highest BCUT2D eigenvalue weighted by molar-refractivity contribution is 5.26. The first kappa shape index (κ1) is 55.6. The molecule has 72 heavy (non-hydrogen) atoms. The fourth-order valence-electron chi connectivity index (χ4n) is 15.0. The zero-order chi connectivity index (χ0) is 52.0. The second-order valence-corrected chi connectivity index (χ2v) is 23.7. The van der Waals surface area contributed by atoms with Crippen molar-refractivity contribution < 1.29 is 104 Å². The zero-order valence-corrected chi connectivity index (χ0v) is 42.7. The highest BCUT2D eigenvalue weighted by atomic mass is 16.8. The number of methoxy groups -OCH3 is 1. The van der Waals surface area contributed by atoms with Gasteiger partial charge in [-0.3, -0.25) is 0 Å². The van der Waals surface area contributed by atoms with Crippen molar-refractivity contribution in [1.82, 2.24) is 0 Å². The maximum absolute atomic E-state index is 12.0.